The van der Waals surface area contributed by atoms with E-state index in [1.165, 1.54) is 6.07 Å². The normalized spacial score (nSPS) is 25.0. The number of benzene rings is 2. The second kappa shape index (κ2) is 9.48. The Hall–Kier alpha value is -1.92. The summed E-state index contributed by atoms with van der Waals surface area (Å²) < 4.78 is 27.4. The molecule has 2 aromatic rings. The van der Waals surface area contributed by atoms with Crippen LogP contribution in [0.3, 0.4) is 0 Å². The van der Waals surface area contributed by atoms with Gasteiger partial charge in [-0.15, -0.1) is 0 Å². The molecule has 0 amide bonds. The van der Waals surface area contributed by atoms with Crippen LogP contribution in [0.25, 0.3) is 0 Å². The fourth-order valence-electron chi connectivity index (χ4n) is 4.48. The Morgan fingerprint density at radius 1 is 1.27 bits per heavy atom. The zero-order chi connectivity index (χ0) is 21.1. The highest BCUT2D eigenvalue weighted by atomic mass is 79.9. The van der Waals surface area contributed by atoms with E-state index < -0.39 is 0 Å². The predicted molar refractivity (Wildman–Crippen MR) is 118 cm³/mol. The van der Waals surface area contributed by atoms with Crippen molar-refractivity contribution in [1.82, 2.24) is 0 Å². The van der Waals surface area contributed by atoms with E-state index in [9.17, 15) is 9.18 Å². The second-order valence-corrected chi connectivity index (χ2v) is 9.01. The number of esters is 1. The average Bonchev–Trinajstić information content (AvgIpc) is 2.76. The van der Waals surface area contributed by atoms with Crippen LogP contribution in [-0.2, 0) is 14.3 Å². The standard InChI is InChI=1S/C24H27BrFNO3/c1-2-3-9-21(28)29-14-17-10-11-18-22(15-7-5-4-6-8-15)27-23-19(24(18)30-17)12-16(25)13-20(23)26/h4-8,12-13,17-18,22,24,27H,2-3,9-11,14H2,1H3/t17-,18+,22+,24+/m1/s1. The number of carbonyl (C=O) groups excluding carboxylic acids is 1. The van der Waals surface area contributed by atoms with Gasteiger partial charge in [-0.2, -0.15) is 0 Å². The summed E-state index contributed by atoms with van der Waals surface area (Å²) >= 11 is 3.41. The zero-order valence-electron chi connectivity index (χ0n) is 17.1. The van der Waals surface area contributed by atoms with E-state index in [0.717, 1.165) is 36.8 Å². The number of anilines is 1. The van der Waals surface area contributed by atoms with Crippen LogP contribution < -0.4 is 5.32 Å². The molecular formula is C24H27BrFNO3. The van der Waals surface area contributed by atoms with Gasteiger partial charge in [0.15, 0.2) is 0 Å². The van der Waals surface area contributed by atoms with Crippen LogP contribution in [0, 0.1) is 11.7 Å². The van der Waals surface area contributed by atoms with Crippen LogP contribution in [0.1, 0.15) is 62.3 Å². The molecule has 0 unspecified atom stereocenters. The average molecular weight is 476 g/mol. The molecule has 0 spiro atoms. The molecule has 0 saturated carbocycles. The van der Waals surface area contributed by atoms with Crippen molar-refractivity contribution in [3.63, 3.8) is 0 Å². The van der Waals surface area contributed by atoms with E-state index >= 15 is 0 Å². The van der Waals surface area contributed by atoms with Crippen molar-refractivity contribution in [3.05, 3.63) is 63.9 Å². The summed E-state index contributed by atoms with van der Waals surface area (Å²) in [5.74, 6) is -0.305. The number of hydrogen-bond donors (Lipinski definition) is 1. The Balaban J connectivity index is 1.57. The molecule has 4 nitrogen and oxygen atoms in total. The minimum atomic E-state index is -0.296. The molecule has 2 aliphatic heterocycles. The van der Waals surface area contributed by atoms with Crippen LogP contribution >= 0.6 is 15.9 Å². The van der Waals surface area contributed by atoms with Crippen molar-refractivity contribution >= 4 is 27.6 Å². The highest BCUT2D eigenvalue weighted by Gasteiger charge is 2.43. The highest BCUT2D eigenvalue weighted by Crippen LogP contribution is 2.51. The zero-order valence-corrected chi connectivity index (χ0v) is 18.7. The molecule has 2 aliphatic rings. The Morgan fingerprint density at radius 3 is 2.83 bits per heavy atom. The molecule has 4 rings (SSSR count). The molecule has 160 valence electrons. The summed E-state index contributed by atoms with van der Waals surface area (Å²) in [5, 5.41) is 3.43. The molecule has 6 heteroatoms. The van der Waals surface area contributed by atoms with E-state index in [-0.39, 0.29) is 42.6 Å². The van der Waals surface area contributed by atoms with E-state index in [4.69, 9.17) is 9.47 Å². The lowest BCUT2D eigenvalue weighted by molar-refractivity contribution is -0.157. The molecule has 1 N–H and O–H groups in total. The quantitative estimate of drug-likeness (QED) is 0.496. The summed E-state index contributed by atoms with van der Waals surface area (Å²) in [6, 6.07) is 13.5. The minimum absolute atomic E-state index is 0.0348. The maximum Gasteiger partial charge on any atom is 0.305 e. The third kappa shape index (κ3) is 4.54. The number of fused-ring (bicyclic) bond motifs is 3. The highest BCUT2D eigenvalue weighted by molar-refractivity contribution is 9.10. The van der Waals surface area contributed by atoms with Gasteiger partial charge in [0.1, 0.15) is 12.4 Å². The van der Waals surface area contributed by atoms with E-state index in [2.05, 4.69) is 33.4 Å². The van der Waals surface area contributed by atoms with Gasteiger partial charge >= 0.3 is 5.97 Å². The Bertz CT molecular complexity index is 892. The lowest BCUT2D eigenvalue weighted by Crippen LogP contribution is -2.40. The van der Waals surface area contributed by atoms with Gasteiger partial charge < -0.3 is 14.8 Å². The van der Waals surface area contributed by atoms with Crippen molar-refractivity contribution < 1.29 is 18.7 Å². The number of carbonyl (C=O) groups is 1. The Morgan fingerprint density at radius 2 is 2.07 bits per heavy atom. The summed E-state index contributed by atoms with van der Waals surface area (Å²) in [6.45, 7) is 2.30. The fraction of sp³-hybridized carbons (Fsp3) is 0.458. The molecular weight excluding hydrogens is 449 g/mol. The van der Waals surface area contributed by atoms with Gasteiger partial charge in [0, 0.05) is 22.4 Å². The van der Waals surface area contributed by atoms with Gasteiger partial charge in [0.05, 0.1) is 23.9 Å². The van der Waals surface area contributed by atoms with Crippen LogP contribution in [0.4, 0.5) is 10.1 Å². The van der Waals surface area contributed by atoms with E-state index in [1.807, 2.05) is 31.2 Å². The van der Waals surface area contributed by atoms with Crippen LogP contribution in [-0.4, -0.2) is 18.7 Å². The SMILES string of the molecule is CCCCC(=O)OC[C@H]1CC[C@@H]2[C@H](O1)c1cc(Br)cc(F)c1N[C@H]2c1ccccc1. The van der Waals surface area contributed by atoms with Gasteiger partial charge in [-0.25, -0.2) is 4.39 Å². The van der Waals surface area contributed by atoms with Gasteiger partial charge in [0.25, 0.3) is 0 Å². The van der Waals surface area contributed by atoms with Gasteiger partial charge in [0.2, 0.25) is 0 Å². The molecule has 0 bridgehead atoms. The number of halogens is 2. The van der Waals surface area contributed by atoms with Crippen LogP contribution in [0.5, 0.6) is 0 Å². The number of unbranched alkanes of at least 4 members (excludes halogenated alkanes) is 1. The monoisotopic (exact) mass is 475 g/mol. The smallest absolute Gasteiger partial charge is 0.305 e. The molecule has 0 aliphatic carbocycles. The van der Waals surface area contributed by atoms with Crippen molar-refractivity contribution in [1.29, 1.82) is 0 Å². The largest absolute Gasteiger partial charge is 0.463 e. The Kier molecular flexibility index (Phi) is 6.74. The molecule has 0 aromatic heterocycles. The lowest BCUT2D eigenvalue weighted by atomic mass is 9.76. The van der Waals surface area contributed by atoms with E-state index in [1.54, 1.807) is 0 Å². The topological polar surface area (TPSA) is 47.6 Å². The first-order valence-electron chi connectivity index (χ1n) is 10.7. The number of hydrogen-bond acceptors (Lipinski definition) is 4. The fourth-order valence-corrected chi connectivity index (χ4v) is 4.92. The summed E-state index contributed by atoms with van der Waals surface area (Å²) in [4.78, 5) is 11.9. The Labute approximate surface area is 185 Å². The first-order chi connectivity index (χ1) is 14.6. The molecule has 1 saturated heterocycles. The first-order valence-corrected chi connectivity index (χ1v) is 11.5. The summed E-state index contributed by atoms with van der Waals surface area (Å²) in [5.41, 5.74) is 2.43. The molecule has 2 heterocycles. The van der Waals surface area contributed by atoms with Crippen molar-refractivity contribution in [2.24, 2.45) is 5.92 Å². The van der Waals surface area contributed by atoms with Crippen molar-refractivity contribution in [3.8, 4) is 0 Å². The number of nitrogens with one attached hydrogen (secondary N) is 1. The third-order valence-corrected chi connectivity index (χ3v) is 6.45. The lowest BCUT2D eigenvalue weighted by Gasteiger charge is -2.45. The van der Waals surface area contributed by atoms with Gasteiger partial charge in [-0.1, -0.05) is 59.6 Å². The van der Waals surface area contributed by atoms with Crippen LogP contribution in [0.15, 0.2) is 46.9 Å². The molecule has 0 radical (unpaired) electrons. The van der Waals surface area contributed by atoms with E-state index in [0.29, 0.717) is 16.6 Å². The summed E-state index contributed by atoms with van der Waals surface area (Å²) in [6.07, 6.45) is 3.51. The number of rotatable bonds is 6. The molecule has 30 heavy (non-hydrogen) atoms. The maximum atomic E-state index is 14.8. The molecule has 2 aromatic carbocycles. The predicted octanol–water partition coefficient (Wildman–Crippen LogP) is 6.32. The van der Waals surface area contributed by atoms with Crippen molar-refractivity contribution in [2.45, 2.75) is 57.3 Å². The van der Waals surface area contributed by atoms with Gasteiger partial charge in [-0.3, -0.25) is 4.79 Å². The molecule has 1 fully saturated rings. The van der Waals surface area contributed by atoms with Gasteiger partial charge in [-0.05, 0) is 37.0 Å². The first kappa shape index (κ1) is 21.3. The minimum Gasteiger partial charge on any atom is -0.463 e. The van der Waals surface area contributed by atoms with Crippen molar-refractivity contribution in [2.75, 3.05) is 11.9 Å². The van der Waals surface area contributed by atoms with Crippen LogP contribution in [0.2, 0.25) is 0 Å². The second-order valence-electron chi connectivity index (χ2n) is 8.09. The molecule has 4 atom stereocenters. The number of ether oxygens (including phenoxy) is 2. The summed E-state index contributed by atoms with van der Waals surface area (Å²) in [7, 11) is 0. The maximum absolute atomic E-state index is 14.8. The third-order valence-electron chi connectivity index (χ3n) is 5.99.